The van der Waals surface area contributed by atoms with E-state index in [2.05, 4.69) is 21.1 Å². The minimum absolute atomic E-state index is 0.263. The van der Waals surface area contributed by atoms with Crippen LogP contribution in [0.5, 0.6) is 0 Å². The number of anilines is 1. The SMILES string of the molecule is O=C(CCN1CCOCC1)NNC(=O)Nc1ccc(Cl)c(Cl)c1. The van der Waals surface area contributed by atoms with Crippen molar-refractivity contribution in [2.24, 2.45) is 0 Å². The van der Waals surface area contributed by atoms with Gasteiger partial charge in [0, 0.05) is 31.7 Å². The number of benzene rings is 1. The van der Waals surface area contributed by atoms with E-state index in [9.17, 15) is 9.59 Å². The van der Waals surface area contributed by atoms with Crippen LogP contribution in [0.2, 0.25) is 10.0 Å². The third-order valence-corrected chi connectivity index (χ3v) is 3.99. The van der Waals surface area contributed by atoms with E-state index in [-0.39, 0.29) is 5.91 Å². The average Bonchev–Trinajstić information content (AvgIpc) is 2.55. The first-order chi connectivity index (χ1) is 11.0. The van der Waals surface area contributed by atoms with Gasteiger partial charge < -0.3 is 10.1 Å². The molecule has 0 radical (unpaired) electrons. The number of carbonyl (C=O) groups is 2. The smallest absolute Gasteiger partial charge is 0.337 e. The Kier molecular flexibility index (Phi) is 6.91. The summed E-state index contributed by atoms with van der Waals surface area (Å²) in [6.45, 7) is 3.64. The molecule has 3 amide bonds. The summed E-state index contributed by atoms with van der Waals surface area (Å²) in [6, 6.07) is 4.13. The lowest BCUT2D eigenvalue weighted by Gasteiger charge is -2.26. The second kappa shape index (κ2) is 8.93. The fourth-order valence-corrected chi connectivity index (χ4v) is 2.31. The molecular formula is C14H18Cl2N4O3. The zero-order valence-electron chi connectivity index (χ0n) is 12.4. The van der Waals surface area contributed by atoms with Crippen LogP contribution in [0.25, 0.3) is 0 Å². The van der Waals surface area contributed by atoms with Crippen LogP contribution < -0.4 is 16.2 Å². The molecule has 1 aliphatic heterocycles. The molecule has 0 spiro atoms. The molecule has 2 rings (SSSR count). The number of nitrogens with zero attached hydrogens (tertiary/aromatic N) is 1. The third-order valence-electron chi connectivity index (χ3n) is 3.25. The van der Waals surface area contributed by atoms with Gasteiger partial charge in [-0.2, -0.15) is 0 Å². The van der Waals surface area contributed by atoms with E-state index >= 15 is 0 Å². The molecule has 126 valence electrons. The first kappa shape index (κ1) is 17.8. The largest absolute Gasteiger partial charge is 0.379 e. The molecule has 1 aliphatic rings. The maximum absolute atomic E-state index is 11.7. The summed E-state index contributed by atoms with van der Waals surface area (Å²) in [5.41, 5.74) is 5.11. The minimum Gasteiger partial charge on any atom is -0.379 e. The fourth-order valence-electron chi connectivity index (χ4n) is 2.01. The number of hydrazine groups is 1. The van der Waals surface area contributed by atoms with Gasteiger partial charge in [0.05, 0.1) is 23.3 Å². The molecule has 1 fully saturated rings. The molecule has 1 saturated heterocycles. The van der Waals surface area contributed by atoms with Crippen molar-refractivity contribution in [1.82, 2.24) is 15.8 Å². The van der Waals surface area contributed by atoms with Crippen LogP contribution in [-0.2, 0) is 9.53 Å². The predicted molar refractivity (Wildman–Crippen MR) is 88.6 cm³/mol. The molecule has 0 aliphatic carbocycles. The number of rotatable bonds is 4. The van der Waals surface area contributed by atoms with Crippen molar-refractivity contribution in [3.05, 3.63) is 28.2 Å². The Morgan fingerprint density at radius 3 is 2.57 bits per heavy atom. The molecule has 0 unspecified atom stereocenters. The van der Waals surface area contributed by atoms with Crippen molar-refractivity contribution < 1.29 is 14.3 Å². The first-order valence-corrected chi connectivity index (χ1v) is 7.91. The van der Waals surface area contributed by atoms with Gasteiger partial charge in [-0.25, -0.2) is 10.2 Å². The first-order valence-electron chi connectivity index (χ1n) is 7.15. The van der Waals surface area contributed by atoms with Crippen LogP contribution in [0.1, 0.15) is 6.42 Å². The van der Waals surface area contributed by atoms with E-state index in [1.54, 1.807) is 12.1 Å². The number of halogens is 2. The molecule has 3 N–H and O–H groups in total. The summed E-state index contributed by atoms with van der Waals surface area (Å²) in [4.78, 5) is 25.5. The third kappa shape index (κ3) is 6.23. The topological polar surface area (TPSA) is 82.7 Å². The lowest BCUT2D eigenvalue weighted by Crippen LogP contribution is -2.45. The van der Waals surface area contributed by atoms with Crippen LogP contribution in [0.4, 0.5) is 10.5 Å². The zero-order chi connectivity index (χ0) is 16.7. The Hall–Kier alpha value is -1.54. The van der Waals surface area contributed by atoms with E-state index in [4.69, 9.17) is 27.9 Å². The van der Waals surface area contributed by atoms with Gasteiger partial charge in [0.15, 0.2) is 0 Å². The standard InChI is InChI=1S/C14H18Cl2N4O3/c15-11-2-1-10(9-12(11)16)17-14(22)19-18-13(21)3-4-20-5-7-23-8-6-20/h1-2,9H,3-8H2,(H,18,21)(H2,17,19,22). The molecule has 1 aromatic rings. The number of hydrogen-bond acceptors (Lipinski definition) is 4. The molecule has 1 heterocycles. The van der Waals surface area contributed by atoms with Gasteiger partial charge in [0.1, 0.15) is 0 Å². The van der Waals surface area contributed by atoms with Gasteiger partial charge in [-0.05, 0) is 18.2 Å². The number of nitrogens with one attached hydrogen (secondary N) is 3. The second-order valence-corrected chi connectivity index (χ2v) is 5.77. The maximum atomic E-state index is 11.7. The normalized spacial score (nSPS) is 15.0. The van der Waals surface area contributed by atoms with Gasteiger partial charge in [-0.3, -0.25) is 15.1 Å². The van der Waals surface area contributed by atoms with Crippen molar-refractivity contribution in [2.45, 2.75) is 6.42 Å². The van der Waals surface area contributed by atoms with E-state index in [0.717, 1.165) is 13.1 Å². The van der Waals surface area contributed by atoms with Crippen LogP contribution >= 0.6 is 23.2 Å². The summed E-state index contributed by atoms with van der Waals surface area (Å²) >= 11 is 11.6. The quantitative estimate of drug-likeness (QED) is 0.715. The number of ether oxygens (including phenoxy) is 1. The van der Waals surface area contributed by atoms with Gasteiger partial charge in [0.2, 0.25) is 5.91 Å². The molecular weight excluding hydrogens is 343 g/mol. The van der Waals surface area contributed by atoms with Crippen molar-refractivity contribution >= 4 is 40.8 Å². The molecule has 0 saturated carbocycles. The molecule has 23 heavy (non-hydrogen) atoms. The van der Waals surface area contributed by atoms with Crippen LogP contribution in [-0.4, -0.2) is 49.7 Å². The highest BCUT2D eigenvalue weighted by Gasteiger charge is 2.12. The Balaban J connectivity index is 1.66. The van der Waals surface area contributed by atoms with Crippen LogP contribution in [0.15, 0.2) is 18.2 Å². The van der Waals surface area contributed by atoms with E-state index in [0.29, 0.717) is 41.9 Å². The number of hydrogen-bond donors (Lipinski definition) is 3. The van der Waals surface area contributed by atoms with E-state index < -0.39 is 6.03 Å². The highest BCUT2D eigenvalue weighted by molar-refractivity contribution is 6.42. The summed E-state index contributed by atoms with van der Waals surface area (Å²) in [7, 11) is 0. The van der Waals surface area contributed by atoms with Crippen molar-refractivity contribution in [1.29, 1.82) is 0 Å². The average molecular weight is 361 g/mol. The number of morpholine rings is 1. The summed E-state index contributed by atoms with van der Waals surface area (Å²) in [6.07, 6.45) is 0.299. The van der Waals surface area contributed by atoms with Gasteiger partial charge >= 0.3 is 6.03 Å². The Labute approximate surface area is 144 Å². The molecule has 0 atom stereocenters. The van der Waals surface area contributed by atoms with E-state index in [1.165, 1.54) is 6.07 Å². The van der Waals surface area contributed by atoms with Gasteiger partial charge in [-0.15, -0.1) is 0 Å². The minimum atomic E-state index is -0.567. The van der Waals surface area contributed by atoms with Gasteiger partial charge in [-0.1, -0.05) is 23.2 Å². The number of carbonyl (C=O) groups excluding carboxylic acids is 2. The van der Waals surface area contributed by atoms with Crippen molar-refractivity contribution in [3.8, 4) is 0 Å². The summed E-state index contributed by atoms with van der Waals surface area (Å²) in [5.74, 6) is -0.263. The fraction of sp³-hybridized carbons (Fsp3) is 0.429. The highest BCUT2D eigenvalue weighted by Crippen LogP contribution is 2.24. The van der Waals surface area contributed by atoms with Crippen LogP contribution in [0, 0.1) is 0 Å². The van der Waals surface area contributed by atoms with Crippen LogP contribution in [0.3, 0.4) is 0 Å². The lowest BCUT2D eigenvalue weighted by molar-refractivity contribution is -0.122. The molecule has 0 aromatic heterocycles. The van der Waals surface area contributed by atoms with E-state index in [1.807, 2.05) is 0 Å². The second-order valence-electron chi connectivity index (χ2n) is 4.96. The predicted octanol–water partition coefficient (Wildman–Crippen LogP) is 1.87. The summed E-state index contributed by atoms with van der Waals surface area (Å²) in [5, 5.41) is 3.27. The maximum Gasteiger partial charge on any atom is 0.337 e. The number of amides is 3. The molecule has 1 aromatic carbocycles. The van der Waals surface area contributed by atoms with Gasteiger partial charge in [0.25, 0.3) is 0 Å². The Morgan fingerprint density at radius 2 is 1.87 bits per heavy atom. The molecule has 9 heteroatoms. The molecule has 7 nitrogen and oxygen atoms in total. The lowest BCUT2D eigenvalue weighted by atomic mass is 10.3. The highest BCUT2D eigenvalue weighted by atomic mass is 35.5. The van der Waals surface area contributed by atoms with Crippen molar-refractivity contribution in [3.63, 3.8) is 0 Å². The molecule has 0 bridgehead atoms. The number of urea groups is 1. The Bertz CT molecular complexity index is 565. The summed E-state index contributed by atoms with van der Waals surface area (Å²) < 4.78 is 5.23. The monoisotopic (exact) mass is 360 g/mol. The Morgan fingerprint density at radius 1 is 1.13 bits per heavy atom. The van der Waals surface area contributed by atoms with Crippen molar-refractivity contribution in [2.75, 3.05) is 38.2 Å². The zero-order valence-corrected chi connectivity index (χ0v) is 13.9.